The molecule has 0 aromatic heterocycles. The zero-order valence-electron chi connectivity index (χ0n) is 10.9. The molecule has 3 nitrogen and oxygen atoms in total. The van der Waals surface area contributed by atoms with Crippen LogP contribution in [0.4, 0.5) is 11.4 Å². The van der Waals surface area contributed by atoms with Gasteiger partial charge in [0.1, 0.15) is 6.04 Å². The quantitative estimate of drug-likeness (QED) is 0.877. The van der Waals surface area contributed by atoms with Crippen LogP contribution >= 0.6 is 0 Å². The van der Waals surface area contributed by atoms with Gasteiger partial charge in [0.25, 0.3) is 0 Å². The third-order valence-electron chi connectivity index (χ3n) is 2.74. The van der Waals surface area contributed by atoms with E-state index >= 15 is 0 Å². The lowest BCUT2D eigenvalue weighted by Crippen LogP contribution is -2.31. The smallest absolute Gasteiger partial charge is 0.246 e. The molecule has 2 aromatic rings. The summed E-state index contributed by atoms with van der Waals surface area (Å²) in [6.07, 6.45) is 0. The van der Waals surface area contributed by atoms with Crippen LogP contribution in [0.1, 0.15) is 12.5 Å². The molecule has 0 aliphatic carbocycles. The van der Waals surface area contributed by atoms with Gasteiger partial charge in [-0.3, -0.25) is 4.79 Å². The van der Waals surface area contributed by atoms with Crippen LogP contribution in [0.3, 0.4) is 0 Å². The molecule has 0 aliphatic heterocycles. The van der Waals surface area contributed by atoms with Gasteiger partial charge in [0.15, 0.2) is 0 Å². The summed E-state index contributed by atoms with van der Waals surface area (Å²) in [7, 11) is 0. The van der Waals surface area contributed by atoms with Gasteiger partial charge >= 0.3 is 0 Å². The van der Waals surface area contributed by atoms with Gasteiger partial charge < -0.3 is 10.6 Å². The van der Waals surface area contributed by atoms with Crippen molar-refractivity contribution < 1.29 is 4.79 Å². The van der Waals surface area contributed by atoms with E-state index in [1.54, 1.807) is 0 Å². The van der Waals surface area contributed by atoms with E-state index in [-0.39, 0.29) is 11.9 Å². The molecule has 1 atom stereocenters. The van der Waals surface area contributed by atoms with Crippen molar-refractivity contribution in [2.75, 3.05) is 10.6 Å². The molecule has 0 fully saturated rings. The first-order valence-corrected chi connectivity index (χ1v) is 6.19. The molecule has 2 rings (SSSR count). The molecule has 19 heavy (non-hydrogen) atoms. The molecular formula is C16H17N2O. The van der Waals surface area contributed by atoms with Crippen LogP contribution in [0.2, 0.25) is 0 Å². The summed E-state index contributed by atoms with van der Waals surface area (Å²) in [6, 6.07) is 16.8. The van der Waals surface area contributed by atoms with Crippen molar-refractivity contribution in [1.29, 1.82) is 0 Å². The minimum atomic E-state index is -0.309. The second kappa shape index (κ2) is 6.05. The summed E-state index contributed by atoms with van der Waals surface area (Å²) in [5.74, 6) is -0.0746. The minimum absolute atomic E-state index is 0.0746. The molecule has 0 spiro atoms. The van der Waals surface area contributed by atoms with Crippen molar-refractivity contribution in [2.24, 2.45) is 0 Å². The van der Waals surface area contributed by atoms with E-state index in [9.17, 15) is 4.79 Å². The van der Waals surface area contributed by atoms with E-state index in [0.717, 1.165) is 16.9 Å². The number of carbonyl (C=O) groups excluding carboxylic acids is 1. The van der Waals surface area contributed by atoms with Crippen molar-refractivity contribution in [2.45, 2.75) is 13.0 Å². The minimum Gasteiger partial charge on any atom is -0.374 e. The van der Waals surface area contributed by atoms with E-state index in [1.165, 1.54) is 0 Å². The van der Waals surface area contributed by atoms with Crippen molar-refractivity contribution in [3.8, 4) is 0 Å². The normalized spacial score (nSPS) is 11.7. The van der Waals surface area contributed by atoms with Crippen LogP contribution in [0.5, 0.6) is 0 Å². The third-order valence-corrected chi connectivity index (χ3v) is 2.74. The highest BCUT2D eigenvalue weighted by Gasteiger charge is 2.12. The topological polar surface area (TPSA) is 41.1 Å². The maximum atomic E-state index is 12.0. The Morgan fingerprint density at radius 2 is 1.74 bits per heavy atom. The molecule has 2 aromatic carbocycles. The number of hydrogen-bond acceptors (Lipinski definition) is 2. The standard InChI is InChI=1S/C16H17N2O/c1-12-7-6-10-15(11-12)18-16(19)13(2)17-14-8-4-3-5-9-14/h3-11,13,17H,1H2,2H3,(H,18,19). The Labute approximate surface area is 113 Å². The fraction of sp³-hybridized carbons (Fsp3) is 0.125. The number of amides is 1. The summed E-state index contributed by atoms with van der Waals surface area (Å²) >= 11 is 0. The van der Waals surface area contributed by atoms with Crippen LogP contribution in [0, 0.1) is 6.92 Å². The first-order valence-electron chi connectivity index (χ1n) is 6.19. The Morgan fingerprint density at radius 3 is 2.42 bits per heavy atom. The Hall–Kier alpha value is -2.29. The Morgan fingerprint density at radius 1 is 1.05 bits per heavy atom. The number of rotatable bonds is 4. The molecule has 97 valence electrons. The van der Waals surface area contributed by atoms with E-state index in [2.05, 4.69) is 17.6 Å². The van der Waals surface area contributed by atoms with Crippen LogP contribution in [-0.4, -0.2) is 11.9 Å². The number of benzene rings is 2. The number of carbonyl (C=O) groups is 1. The average molecular weight is 253 g/mol. The van der Waals surface area contributed by atoms with Crippen molar-refractivity contribution in [3.05, 3.63) is 67.1 Å². The fourth-order valence-corrected chi connectivity index (χ4v) is 1.75. The molecular weight excluding hydrogens is 236 g/mol. The van der Waals surface area contributed by atoms with Crippen LogP contribution in [0.15, 0.2) is 54.6 Å². The molecule has 2 N–H and O–H groups in total. The zero-order valence-corrected chi connectivity index (χ0v) is 10.9. The molecule has 1 unspecified atom stereocenters. The van der Waals surface area contributed by atoms with E-state index in [0.29, 0.717) is 0 Å². The Balaban J connectivity index is 1.96. The molecule has 0 saturated heterocycles. The first kappa shape index (κ1) is 13.1. The van der Waals surface area contributed by atoms with Gasteiger partial charge in [-0.05, 0) is 43.7 Å². The molecule has 1 amide bonds. The zero-order chi connectivity index (χ0) is 13.7. The third kappa shape index (κ3) is 3.85. The van der Waals surface area contributed by atoms with Gasteiger partial charge in [-0.2, -0.15) is 0 Å². The second-order valence-corrected chi connectivity index (χ2v) is 4.42. The Kier molecular flexibility index (Phi) is 4.18. The molecule has 1 radical (unpaired) electrons. The molecule has 3 heteroatoms. The van der Waals surface area contributed by atoms with Crippen LogP contribution in [0.25, 0.3) is 0 Å². The number of para-hydroxylation sites is 1. The van der Waals surface area contributed by atoms with E-state index < -0.39 is 0 Å². The van der Waals surface area contributed by atoms with Crippen LogP contribution in [-0.2, 0) is 4.79 Å². The lowest BCUT2D eigenvalue weighted by Gasteiger charge is -2.15. The van der Waals surface area contributed by atoms with Gasteiger partial charge in [0.05, 0.1) is 0 Å². The lowest BCUT2D eigenvalue weighted by molar-refractivity contribution is -0.116. The number of hydrogen-bond donors (Lipinski definition) is 2. The van der Waals surface area contributed by atoms with Gasteiger partial charge in [0.2, 0.25) is 5.91 Å². The van der Waals surface area contributed by atoms with E-state index in [4.69, 9.17) is 0 Å². The van der Waals surface area contributed by atoms with Crippen molar-refractivity contribution >= 4 is 17.3 Å². The molecule has 0 aliphatic rings. The lowest BCUT2D eigenvalue weighted by atomic mass is 10.2. The molecule has 0 heterocycles. The highest BCUT2D eigenvalue weighted by atomic mass is 16.2. The first-order chi connectivity index (χ1) is 9.15. The Bertz CT molecular complexity index is 552. The molecule has 0 saturated carbocycles. The highest BCUT2D eigenvalue weighted by molar-refractivity contribution is 5.96. The summed E-state index contributed by atoms with van der Waals surface area (Å²) in [5, 5.41) is 6.01. The second-order valence-electron chi connectivity index (χ2n) is 4.42. The van der Waals surface area contributed by atoms with Gasteiger partial charge in [-0.25, -0.2) is 0 Å². The van der Waals surface area contributed by atoms with Crippen molar-refractivity contribution in [3.63, 3.8) is 0 Å². The van der Waals surface area contributed by atoms with Crippen LogP contribution < -0.4 is 10.6 Å². The summed E-state index contributed by atoms with van der Waals surface area (Å²) in [4.78, 5) is 12.0. The monoisotopic (exact) mass is 253 g/mol. The maximum Gasteiger partial charge on any atom is 0.246 e. The van der Waals surface area contributed by atoms with Crippen molar-refractivity contribution in [1.82, 2.24) is 0 Å². The number of nitrogens with one attached hydrogen (secondary N) is 2. The van der Waals surface area contributed by atoms with Gasteiger partial charge in [-0.15, -0.1) is 0 Å². The van der Waals surface area contributed by atoms with E-state index in [1.807, 2.05) is 61.5 Å². The fourth-order valence-electron chi connectivity index (χ4n) is 1.75. The number of anilines is 2. The SMILES string of the molecule is [CH2]c1cccc(NC(=O)C(C)Nc2ccccc2)c1. The van der Waals surface area contributed by atoms with Gasteiger partial charge in [-0.1, -0.05) is 30.3 Å². The maximum absolute atomic E-state index is 12.0. The largest absolute Gasteiger partial charge is 0.374 e. The summed E-state index contributed by atoms with van der Waals surface area (Å²) in [5.41, 5.74) is 2.57. The summed E-state index contributed by atoms with van der Waals surface area (Å²) in [6.45, 7) is 5.66. The molecule has 0 bridgehead atoms. The predicted octanol–water partition coefficient (Wildman–Crippen LogP) is 3.31. The highest BCUT2D eigenvalue weighted by Crippen LogP contribution is 2.11. The average Bonchev–Trinajstić information content (AvgIpc) is 2.40. The van der Waals surface area contributed by atoms with Gasteiger partial charge in [0, 0.05) is 11.4 Å². The summed E-state index contributed by atoms with van der Waals surface area (Å²) < 4.78 is 0. The predicted molar refractivity (Wildman–Crippen MR) is 79.1 cm³/mol.